The first-order chi connectivity index (χ1) is 15.5. The molecule has 12 heteroatoms. The molecule has 1 saturated heterocycles. The van der Waals surface area contributed by atoms with Crippen molar-refractivity contribution in [3.8, 4) is 0 Å². The number of primary amides is 1. The van der Waals surface area contributed by atoms with E-state index in [1.165, 1.54) is 17.7 Å². The number of anilines is 4. The Labute approximate surface area is 188 Å². The number of hydrogen-bond donors (Lipinski definition) is 4. The lowest BCUT2D eigenvalue weighted by Gasteiger charge is -2.34. The molecule has 0 aliphatic carbocycles. The van der Waals surface area contributed by atoms with E-state index < -0.39 is 5.91 Å². The SMILES string of the molecule is Cc1cc(Nc2nc(N3CCCC(NC(=O)Nc4cccnc4)C3)cnc2C(N)=O)sn1. The van der Waals surface area contributed by atoms with E-state index in [9.17, 15) is 9.59 Å². The van der Waals surface area contributed by atoms with Gasteiger partial charge in [0, 0.05) is 25.3 Å². The Bertz CT molecular complexity index is 1110. The van der Waals surface area contributed by atoms with E-state index in [2.05, 4.69) is 35.3 Å². The third-order valence-electron chi connectivity index (χ3n) is 4.86. The third-order valence-corrected chi connectivity index (χ3v) is 5.66. The minimum Gasteiger partial charge on any atom is -0.364 e. The van der Waals surface area contributed by atoms with Crippen molar-refractivity contribution >= 4 is 45.8 Å². The summed E-state index contributed by atoms with van der Waals surface area (Å²) in [6.07, 6.45) is 6.47. The summed E-state index contributed by atoms with van der Waals surface area (Å²) in [7, 11) is 0. The van der Waals surface area contributed by atoms with Crippen LogP contribution in [0, 0.1) is 6.92 Å². The number of nitrogens with zero attached hydrogens (tertiary/aromatic N) is 5. The number of nitrogens with two attached hydrogens (primary N) is 1. The smallest absolute Gasteiger partial charge is 0.319 e. The average molecular weight is 454 g/mol. The van der Waals surface area contributed by atoms with Crippen LogP contribution in [0.5, 0.6) is 0 Å². The number of piperidine rings is 1. The molecule has 11 nitrogen and oxygen atoms in total. The van der Waals surface area contributed by atoms with Crippen molar-refractivity contribution in [1.82, 2.24) is 24.6 Å². The molecule has 4 heterocycles. The Morgan fingerprint density at radius 3 is 2.91 bits per heavy atom. The molecule has 3 amide bonds. The van der Waals surface area contributed by atoms with Crippen molar-refractivity contribution in [1.29, 1.82) is 0 Å². The summed E-state index contributed by atoms with van der Waals surface area (Å²) in [5.74, 6) is 0.207. The largest absolute Gasteiger partial charge is 0.364 e. The lowest BCUT2D eigenvalue weighted by atomic mass is 10.1. The van der Waals surface area contributed by atoms with E-state index in [4.69, 9.17) is 5.73 Å². The van der Waals surface area contributed by atoms with Crippen LogP contribution in [0.3, 0.4) is 0 Å². The molecule has 1 atom stereocenters. The molecule has 3 aromatic rings. The van der Waals surface area contributed by atoms with E-state index in [-0.39, 0.29) is 23.6 Å². The van der Waals surface area contributed by atoms with Gasteiger partial charge in [-0.2, -0.15) is 4.37 Å². The number of amides is 3. The third kappa shape index (κ3) is 5.27. The molecule has 5 N–H and O–H groups in total. The molecule has 4 rings (SSSR count). The number of pyridine rings is 1. The van der Waals surface area contributed by atoms with E-state index in [0.29, 0.717) is 18.1 Å². The quantitative estimate of drug-likeness (QED) is 0.444. The van der Waals surface area contributed by atoms with Crippen LogP contribution in [0.25, 0.3) is 0 Å². The summed E-state index contributed by atoms with van der Waals surface area (Å²) < 4.78 is 4.22. The van der Waals surface area contributed by atoms with Gasteiger partial charge in [-0.15, -0.1) is 0 Å². The molecule has 3 aromatic heterocycles. The van der Waals surface area contributed by atoms with Crippen LogP contribution in [0.1, 0.15) is 29.0 Å². The normalized spacial score (nSPS) is 15.8. The van der Waals surface area contributed by atoms with Crippen LogP contribution < -0.4 is 26.6 Å². The zero-order valence-corrected chi connectivity index (χ0v) is 18.2. The molecule has 1 unspecified atom stereocenters. The molecule has 0 radical (unpaired) electrons. The van der Waals surface area contributed by atoms with Gasteiger partial charge in [0.25, 0.3) is 5.91 Å². The summed E-state index contributed by atoms with van der Waals surface area (Å²) in [5, 5.41) is 9.60. The first-order valence-electron chi connectivity index (χ1n) is 10.1. The van der Waals surface area contributed by atoms with Crippen molar-refractivity contribution in [2.24, 2.45) is 5.73 Å². The van der Waals surface area contributed by atoms with E-state index in [1.807, 2.05) is 17.9 Å². The second-order valence-electron chi connectivity index (χ2n) is 7.37. The van der Waals surface area contributed by atoms with Gasteiger partial charge < -0.3 is 26.6 Å². The highest BCUT2D eigenvalue weighted by atomic mass is 32.1. The molecule has 0 saturated carbocycles. The van der Waals surface area contributed by atoms with Gasteiger partial charge in [0.1, 0.15) is 10.8 Å². The van der Waals surface area contributed by atoms with Gasteiger partial charge in [-0.25, -0.2) is 14.8 Å². The van der Waals surface area contributed by atoms with Crippen LogP contribution in [-0.4, -0.2) is 50.4 Å². The Kier molecular flexibility index (Phi) is 6.40. The molecule has 0 spiro atoms. The zero-order valence-electron chi connectivity index (χ0n) is 17.4. The Hall–Kier alpha value is -3.80. The topological polar surface area (TPSA) is 151 Å². The predicted octanol–water partition coefficient (Wildman–Crippen LogP) is 2.27. The fourth-order valence-electron chi connectivity index (χ4n) is 3.43. The van der Waals surface area contributed by atoms with Crippen molar-refractivity contribution in [3.63, 3.8) is 0 Å². The summed E-state index contributed by atoms with van der Waals surface area (Å²) in [5.41, 5.74) is 7.02. The van der Waals surface area contributed by atoms with Gasteiger partial charge >= 0.3 is 6.03 Å². The average Bonchev–Trinajstić information content (AvgIpc) is 3.19. The number of aryl methyl sites for hydroxylation is 1. The highest BCUT2D eigenvalue weighted by Gasteiger charge is 2.24. The van der Waals surface area contributed by atoms with Gasteiger partial charge in [-0.3, -0.25) is 9.78 Å². The maximum absolute atomic E-state index is 12.3. The number of carbonyl (C=O) groups is 2. The molecule has 1 fully saturated rings. The maximum Gasteiger partial charge on any atom is 0.319 e. The van der Waals surface area contributed by atoms with Gasteiger partial charge in [-0.1, -0.05) is 0 Å². The zero-order chi connectivity index (χ0) is 22.5. The summed E-state index contributed by atoms with van der Waals surface area (Å²) >= 11 is 1.26. The summed E-state index contributed by atoms with van der Waals surface area (Å²) in [6, 6.07) is 5.02. The van der Waals surface area contributed by atoms with E-state index in [0.717, 1.165) is 30.1 Å². The highest BCUT2D eigenvalue weighted by molar-refractivity contribution is 7.10. The molecule has 0 bridgehead atoms. The van der Waals surface area contributed by atoms with E-state index >= 15 is 0 Å². The number of carbonyl (C=O) groups excluding carboxylic acids is 2. The molecular weight excluding hydrogens is 430 g/mol. The Morgan fingerprint density at radius 2 is 2.19 bits per heavy atom. The van der Waals surface area contributed by atoms with E-state index in [1.54, 1.807) is 24.5 Å². The minimum atomic E-state index is -0.668. The molecule has 1 aliphatic rings. The van der Waals surface area contributed by atoms with Gasteiger partial charge in [-0.05, 0) is 49.5 Å². The second-order valence-corrected chi connectivity index (χ2v) is 8.18. The predicted molar refractivity (Wildman–Crippen MR) is 122 cm³/mol. The molecule has 1 aliphatic heterocycles. The Balaban J connectivity index is 1.45. The molecule has 166 valence electrons. The van der Waals surface area contributed by atoms with Gasteiger partial charge in [0.15, 0.2) is 11.5 Å². The maximum atomic E-state index is 12.3. The molecule has 0 aromatic carbocycles. The highest BCUT2D eigenvalue weighted by Crippen LogP contribution is 2.25. The first kappa shape index (κ1) is 21.4. The standard InChI is InChI=1S/C20H23N9O2S/c1-12-8-16(32-28-12)27-19-17(18(21)30)23-10-15(26-19)29-7-3-5-14(11-29)25-20(31)24-13-4-2-6-22-9-13/h2,4,6,8-10,14H,3,5,7,11H2,1H3,(H2,21,30)(H,26,27)(H2,24,25,31). The van der Waals surface area contributed by atoms with Crippen LogP contribution in [-0.2, 0) is 0 Å². The number of aromatic nitrogens is 4. The molecular formula is C20H23N9O2S. The number of urea groups is 1. The number of nitrogens with one attached hydrogen (secondary N) is 3. The van der Waals surface area contributed by atoms with Gasteiger partial charge in [0.2, 0.25) is 0 Å². The lowest BCUT2D eigenvalue weighted by Crippen LogP contribution is -2.49. The lowest BCUT2D eigenvalue weighted by molar-refractivity contribution is 0.0996. The first-order valence-corrected chi connectivity index (χ1v) is 10.8. The Morgan fingerprint density at radius 1 is 1.31 bits per heavy atom. The molecule has 32 heavy (non-hydrogen) atoms. The monoisotopic (exact) mass is 453 g/mol. The van der Waals surface area contributed by atoms with Crippen molar-refractivity contribution in [3.05, 3.63) is 48.2 Å². The summed E-state index contributed by atoms with van der Waals surface area (Å²) in [6.45, 7) is 3.19. The van der Waals surface area contributed by atoms with Crippen LogP contribution in [0.4, 0.5) is 27.1 Å². The summed E-state index contributed by atoms with van der Waals surface area (Å²) in [4.78, 5) is 39.0. The van der Waals surface area contributed by atoms with Crippen molar-refractivity contribution in [2.45, 2.75) is 25.8 Å². The number of rotatable bonds is 6. The minimum absolute atomic E-state index is 0.0577. The van der Waals surface area contributed by atoms with Gasteiger partial charge in [0.05, 0.1) is 23.8 Å². The van der Waals surface area contributed by atoms with Crippen LogP contribution in [0.15, 0.2) is 36.8 Å². The van der Waals surface area contributed by atoms with Crippen LogP contribution in [0.2, 0.25) is 0 Å². The van der Waals surface area contributed by atoms with Crippen molar-refractivity contribution in [2.75, 3.05) is 28.6 Å². The number of hydrogen-bond acceptors (Lipinski definition) is 9. The fraction of sp³-hybridized carbons (Fsp3) is 0.300. The second kappa shape index (κ2) is 9.56. The fourth-order valence-corrected chi connectivity index (χ4v) is 4.09. The van der Waals surface area contributed by atoms with Crippen LogP contribution >= 0.6 is 11.5 Å². The van der Waals surface area contributed by atoms with Crippen molar-refractivity contribution < 1.29 is 9.59 Å².